The molecule has 10 aromatic rings. The predicted octanol–water partition coefficient (Wildman–Crippen LogP) is 17.7. The predicted molar refractivity (Wildman–Crippen MR) is 272 cm³/mol. The third kappa shape index (κ3) is 10.8. The van der Waals surface area contributed by atoms with Gasteiger partial charge in [0.05, 0.1) is 0 Å². The second kappa shape index (κ2) is 20.6. The Balaban J connectivity index is 0.000000132. The second-order valence-electron chi connectivity index (χ2n) is 15.9. The highest BCUT2D eigenvalue weighted by atomic mass is 14.2. The lowest BCUT2D eigenvalue weighted by Gasteiger charge is -2.15. The fourth-order valence-corrected chi connectivity index (χ4v) is 8.13. The molecule has 0 saturated heterocycles. The Morgan fingerprint density at radius 1 is 0.159 bits per heavy atom. The van der Waals surface area contributed by atoms with Gasteiger partial charge in [-0.3, -0.25) is 0 Å². The van der Waals surface area contributed by atoms with Crippen LogP contribution in [0.2, 0.25) is 0 Å². The minimum Gasteiger partial charge on any atom is -0.0622 e. The maximum absolute atomic E-state index is 2.26. The third-order valence-electron chi connectivity index (χ3n) is 11.2. The lowest BCUT2D eigenvalue weighted by atomic mass is 9.89. The van der Waals surface area contributed by atoms with Crippen LogP contribution in [0.3, 0.4) is 0 Å². The van der Waals surface area contributed by atoms with Crippen LogP contribution in [-0.4, -0.2) is 0 Å². The summed E-state index contributed by atoms with van der Waals surface area (Å²) in [6.07, 6.45) is 0. The highest BCUT2D eigenvalue weighted by Crippen LogP contribution is 2.38. The maximum atomic E-state index is 2.26. The number of hydrogen-bond donors (Lipinski definition) is 0. The smallest absolute Gasteiger partial charge is 0.00992 e. The van der Waals surface area contributed by atoms with E-state index in [1.807, 2.05) is 0 Å². The lowest BCUT2D eigenvalue weighted by Crippen LogP contribution is -1.89. The Labute approximate surface area is 374 Å². The quantitative estimate of drug-likeness (QED) is 0.150. The molecule has 0 atom stereocenters. The minimum absolute atomic E-state index is 1.25. The molecule has 63 heavy (non-hydrogen) atoms. The average Bonchev–Trinajstić information content (AvgIpc) is 3.35. The van der Waals surface area contributed by atoms with Crippen molar-refractivity contribution < 1.29 is 0 Å². The maximum Gasteiger partial charge on any atom is -0.00992 e. The topological polar surface area (TPSA) is 0 Å². The molecule has 10 aromatic carbocycles. The molecule has 0 unspecified atom stereocenters. The Morgan fingerprint density at radius 2 is 0.476 bits per heavy atom. The largest absolute Gasteiger partial charge is 0.0622 e. The number of aryl methyl sites for hydroxylation is 3. The van der Waals surface area contributed by atoms with Crippen molar-refractivity contribution in [2.45, 2.75) is 20.8 Å². The molecule has 304 valence electrons. The average molecular weight is 809 g/mol. The van der Waals surface area contributed by atoms with Gasteiger partial charge in [0.2, 0.25) is 0 Å². The van der Waals surface area contributed by atoms with Crippen LogP contribution in [0.4, 0.5) is 0 Å². The molecule has 0 saturated carbocycles. The van der Waals surface area contributed by atoms with E-state index in [0.29, 0.717) is 0 Å². The summed E-state index contributed by atoms with van der Waals surface area (Å²) in [7, 11) is 0. The van der Waals surface area contributed by atoms with Gasteiger partial charge in [-0.1, -0.05) is 266 Å². The number of hydrogen-bond acceptors (Lipinski definition) is 0. The molecule has 0 aliphatic carbocycles. The summed E-state index contributed by atoms with van der Waals surface area (Å²) < 4.78 is 0. The molecule has 0 bridgehead atoms. The third-order valence-corrected chi connectivity index (χ3v) is 11.2. The van der Waals surface area contributed by atoms with E-state index < -0.39 is 0 Å². The highest BCUT2D eigenvalue weighted by molar-refractivity contribution is 5.91. The first-order valence-electron chi connectivity index (χ1n) is 21.7. The van der Waals surface area contributed by atoms with Gasteiger partial charge in [-0.05, 0) is 110 Å². The van der Waals surface area contributed by atoms with Gasteiger partial charge in [0.1, 0.15) is 0 Å². The zero-order chi connectivity index (χ0) is 43.2. The second-order valence-corrected chi connectivity index (χ2v) is 15.9. The van der Waals surface area contributed by atoms with Crippen molar-refractivity contribution in [1.82, 2.24) is 0 Å². The van der Waals surface area contributed by atoms with E-state index >= 15 is 0 Å². The van der Waals surface area contributed by atoms with E-state index in [1.54, 1.807) is 0 Å². The standard InChI is InChI=1S/C25H20.2C19H16/c1-19-10-9-13-21(18-19)23-15-6-8-17-25(23)24-16-7-5-14-22(24)20-11-3-2-4-12-20;1-15-12-18(16-8-4-2-5-9-16)14-19(13-15)17-10-6-3-7-11-17;1-15-12-13-18(16-8-4-2-5-9-16)19(14-15)17-10-6-3-7-11-17/h2-18H,1H3;2*2-14H,1H3. The van der Waals surface area contributed by atoms with E-state index in [4.69, 9.17) is 0 Å². The Bertz CT molecular complexity index is 2930. The summed E-state index contributed by atoms with van der Waals surface area (Å²) in [4.78, 5) is 0. The van der Waals surface area contributed by atoms with Crippen LogP contribution in [0.15, 0.2) is 261 Å². The summed E-state index contributed by atoms with van der Waals surface area (Å²) >= 11 is 0. The van der Waals surface area contributed by atoms with Crippen molar-refractivity contribution in [2.75, 3.05) is 0 Å². The first-order chi connectivity index (χ1) is 31.0. The first-order valence-corrected chi connectivity index (χ1v) is 21.7. The molecule has 0 heteroatoms. The van der Waals surface area contributed by atoms with Gasteiger partial charge in [0, 0.05) is 0 Å². The first kappa shape index (κ1) is 41.9. The monoisotopic (exact) mass is 808 g/mol. The molecule has 0 aliphatic rings. The normalized spacial score (nSPS) is 10.5. The van der Waals surface area contributed by atoms with Crippen LogP contribution in [0.25, 0.3) is 77.9 Å². The van der Waals surface area contributed by atoms with Crippen molar-refractivity contribution >= 4 is 0 Å². The van der Waals surface area contributed by atoms with Crippen LogP contribution < -0.4 is 0 Å². The number of rotatable bonds is 7. The van der Waals surface area contributed by atoms with Crippen molar-refractivity contribution in [2.24, 2.45) is 0 Å². The van der Waals surface area contributed by atoms with E-state index in [2.05, 4.69) is 282 Å². The molecule has 0 spiro atoms. The SMILES string of the molecule is Cc1cc(-c2ccccc2)cc(-c2ccccc2)c1.Cc1ccc(-c2ccccc2)c(-c2ccccc2)c1.Cc1cccc(-c2ccccc2-c2ccccc2-c2ccccc2)c1. The van der Waals surface area contributed by atoms with Gasteiger partial charge in [0.15, 0.2) is 0 Å². The van der Waals surface area contributed by atoms with Crippen LogP contribution in [0, 0.1) is 20.8 Å². The van der Waals surface area contributed by atoms with Crippen LogP contribution >= 0.6 is 0 Å². The number of benzene rings is 10. The molecule has 0 radical (unpaired) electrons. The van der Waals surface area contributed by atoms with Crippen molar-refractivity contribution in [1.29, 1.82) is 0 Å². The zero-order valence-electron chi connectivity index (χ0n) is 36.3. The highest BCUT2D eigenvalue weighted by Gasteiger charge is 2.12. The molecular formula is C63H52. The Morgan fingerprint density at radius 3 is 0.921 bits per heavy atom. The van der Waals surface area contributed by atoms with Crippen LogP contribution in [0.5, 0.6) is 0 Å². The molecule has 10 rings (SSSR count). The van der Waals surface area contributed by atoms with Crippen LogP contribution in [0.1, 0.15) is 16.7 Å². The van der Waals surface area contributed by atoms with Gasteiger partial charge in [-0.25, -0.2) is 0 Å². The van der Waals surface area contributed by atoms with Gasteiger partial charge >= 0.3 is 0 Å². The summed E-state index contributed by atoms with van der Waals surface area (Å²) in [5.74, 6) is 0. The fraction of sp³-hybridized carbons (Fsp3) is 0.0476. The molecule has 0 amide bonds. The molecule has 0 heterocycles. The van der Waals surface area contributed by atoms with E-state index in [9.17, 15) is 0 Å². The van der Waals surface area contributed by atoms with Crippen molar-refractivity contribution in [3.8, 4) is 77.9 Å². The summed E-state index contributed by atoms with van der Waals surface area (Å²) in [6.45, 7) is 6.43. The Kier molecular flexibility index (Phi) is 13.7. The molecule has 0 N–H and O–H groups in total. The zero-order valence-corrected chi connectivity index (χ0v) is 36.3. The minimum atomic E-state index is 1.25. The molecule has 0 fully saturated rings. The lowest BCUT2D eigenvalue weighted by molar-refractivity contribution is 1.46. The van der Waals surface area contributed by atoms with Crippen LogP contribution in [-0.2, 0) is 0 Å². The van der Waals surface area contributed by atoms with Crippen molar-refractivity contribution in [3.05, 3.63) is 278 Å². The molecule has 0 aromatic heterocycles. The van der Waals surface area contributed by atoms with Gasteiger partial charge < -0.3 is 0 Å². The fourth-order valence-electron chi connectivity index (χ4n) is 8.13. The Hall–Kier alpha value is -7.80. The summed E-state index contributed by atoms with van der Waals surface area (Å²) in [5.41, 5.74) is 21.7. The summed E-state index contributed by atoms with van der Waals surface area (Å²) in [5, 5.41) is 0. The molecule has 0 aliphatic heterocycles. The van der Waals surface area contributed by atoms with E-state index in [0.717, 1.165) is 0 Å². The van der Waals surface area contributed by atoms with Gasteiger partial charge in [-0.15, -0.1) is 0 Å². The molecule has 0 nitrogen and oxygen atoms in total. The van der Waals surface area contributed by atoms with E-state index in [-0.39, 0.29) is 0 Å². The van der Waals surface area contributed by atoms with E-state index in [1.165, 1.54) is 94.6 Å². The molecular weight excluding hydrogens is 757 g/mol. The van der Waals surface area contributed by atoms with Crippen molar-refractivity contribution in [3.63, 3.8) is 0 Å². The summed E-state index contributed by atoms with van der Waals surface area (Å²) in [6, 6.07) is 92.2. The van der Waals surface area contributed by atoms with Gasteiger partial charge in [0.25, 0.3) is 0 Å². The van der Waals surface area contributed by atoms with Gasteiger partial charge in [-0.2, -0.15) is 0 Å².